The summed E-state index contributed by atoms with van der Waals surface area (Å²) < 4.78 is 0. The zero-order valence-corrected chi connectivity index (χ0v) is 16.2. The molecule has 0 spiro atoms. The summed E-state index contributed by atoms with van der Waals surface area (Å²) in [6, 6.07) is 8.31. The van der Waals surface area contributed by atoms with E-state index in [4.69, 9.17) is 0 Å². The van der Waals surface area contributed by atoms with Gasteiger partial charge in [0, 0.05) is 32.2 Å². The first-order chi connectivity index (χ1) is 12.3. The molecule has 0 saturated carbocycles. The van der Waals surface area contributed by atoms with E-state index in [1.807, 2.05) is 26.0 Å². The minimum absolute atomic E-state index is 0.800. The first-order valence-corrected chi connectivity index (χ1v) is 9.13. The predicted octanol–water partition coefficient (Wildman–Crippen LogP) is 2.24. The van der Waals surface area contributed by atoms with Crippen LogP contribution in [0.25, 0.3) is 0 Å². The average Bonchev–Trinajstić information content (AvgIpc) is 2.60. The van der Waals surface area contributed by atoms with Crippen LogP contribution in [0.3, 0.4) is 0 Å². The molecule has 0 unspecified atom stereocenters. The fourth-order valence-corrected chi connectivity index (χ4v) is 3.15. The highest BCUT2D eigenvalue weighted by Crippen LogP contribution is 2.28. The van der Waals surface area contributed by atoms with Gasteiger partial charge in [0.25, 0.3) is 0 Å². The Kier molecular flexibility index (Phi) is 5.44. The highest BCUT2D eigenvalue weighted by molar-refractivity contribution is 5.51. The second kappa shape index (κ2) is 7.60. The van der Waals surface area contributed by atoms with Gasteiger partial charge in [-0.15, -0.1) is 0 Å². The second-order valence-corrected chi connectivity index (χ2v) is 7.71. The Morgan fingerprint density at radius 1 is 1.19 bits per heavy atom. The minimum Gasteiger partial charge on any atom is -0.386 e. The van der Waals surface area contributed by atoms with Crippen molar-refractivity contribution in [2.24, 2.45) is 0 Å². The largest absolute Gasteiger partial charge is 0.386 e. The van der Waals surface area contributed by atoms with Crippen molar-refractivity contribution in [3.05, 3.63) is 47.3 Å². The molecule has 1 aliphatic rings. The number of aromatic nitrogens is 2. The van der Waals surface area contributed by atoms with Crippen molar-refractivity contribution in [1.82, 2.24) is 14.9 Å². The number of likely N-dealkylation sites (N-methyl/N-ethyl adjacent to an activating group) is 1. The van der Waals surface area contributed by atoms with E-state index in [1.165, 1.54) is 11.1 Å². The highest BCUT2D eigenvalue weighted by atomic mass is 16.3. The van der Waals surface area contributed by atoms with Gasteiger partial charge in [-0.1, -0.05) is 18.2 Å². The monoisotopic (exact) mass is 355 g/mol. The van der Waals surface area contributed by atoms with Crippen LogP contribution in [0, 0.1) is 0 Å². The molecule has 6 nitrogen and oxygen atoms in total. The lowest BCUT2D eigenvalue weighted by Gasteiger charge is -2.31. The average molecular weight is 355 g/mol. The molecule has 0 fully saturated rings. The second-order valence-electron chi connectivity index (χ2n) is 7.71. The molecule has 0 aliphatic carbocycles. The molecule has 2 aromatic rings. The Balaban J connectivity index is 1.71. The fourth-order valence-electron chi connectivity index (χ4n) is 3.15. The summed E-state index contributed by atoms with van der Waals surface area (Å²) in [7, 11) is 4.11. The van der Waals surface area contributed by atoms with Gasteiger partial charge < -0.3 is 20.2 Å². The van der Waals surface area contributed by atoms with E-state index in [9.17, 15) is 5.11 Å². The molecule has 26 heavy (non-hydrogen) atoms. The number of fused-ring (bicyclic) bond motifs is 1. The van der Waals surface area contributed by atoms with Crippen LogP contribution in [0.5, 0.6) is 0 Å². The van der Waals surface area contributed by atoms with Crippen LogP contribution in [0.15, 0.2) is 30.6 Å². The van der Waals surface area contributed by atoms with Crippen LogP contribution in [-0.4, -0.2) is 53.7 Å². The third-order valence-corrected chi connectivity index (χ3v) is 4.77. The number of rotatable bonds is 6. The van der Waals surface area contributed by atoms with Crippen molar-refractivity contribution in [1.29, 1.82) is 0 Å². The van der Waals surface area contributed by atoms with Crippen molar-refractivity contribution in [2.75, 3.05) is 43.9 Å². The lowest BCUT2D eigenvalue weighted by atomic mass is 9.91. The molecule has 0 bridgehead atoms. The van der Waals surface area contributed by atoms with Gasteiger partial charge in [-0.25, -0.2) is 9.97 Å². The maximum absolute atomic E-state index is 10.2. The van der Waals surface area contributed by atoms with Crippen molar-refractivity contribution in [3.63, 3.8) is 0 Å². The molecule has 3 rings (SSSR count). The number of nitrogens with one attached hydrogen (secondary N) is 1. The van der Waals surface area contributed by atoms with Crippen LogP contribution in [0.1, 0.15) is 30.5 Å². The van der Waals surface area contributed by atoms with Gasteiger partial charge in [0.15, 0.2) is 0 Å². The minimum atomic E-state index is -0.800. The molecule has 1 aromatic heterocycles. The van der Waals surface area contributed by atoms with Crippen molar-refractivity contribution in [3.8, 4) is 0 Å². The standard InChI is InChI=1S/C20H29N5O/c1-20(2,26)17-6-5-16-13-25(9-7-15(16)11-17)19-12-18(22-14-23-19)21-8-10-24(3)4/h5-6,11-12,14,26H,7-10,13H2,1-4H3,(H,21,22,23). The molecular weight excluding hydrogens is 326 g/mol. The van der Waals surface area contributed by atoms with E-state index < -0.39 is 5.60 Å². The molecule has 2 N–H and O–H groups in total. The number of nitrogens with zero attached hydrogens (tertiary/aromatic N) is 4. The molecule has 1 aliphatic heterocycles. The van der Waals surface area contributed by atoms with Crippen LogP contribution in [0.2, 0.25) is 0 Å². The van der Waals surface area contributed by atoms with E-state index >= 15 is 0 Å². The molecule has 140 valence electrons. The van der Waals surface area contributed by atoms with Crippen LogP contribution < -0.4 is 10.2 Å². The molecule has 0 amide bonds. The van der Waals surface area contributed by atoms with Crippen molar-refractivity contribution >= 4 is 11.6 Å². The summed E-state index contributed by atoms with van der Waals surface area (Å²) in [4.78, 5) is 13.2. The Morgan fingerprint density at radius 3 is 2.73 bits per heavy atom. The summed E-state index contributed by atoms with van der Waals surface area (Å²) in [5.74, 6) is 1.81. The number of anilines is 2. The highest BCUT2D eigenvalue weighted by Gasteiger charge is 2.22. The molecular formula is C20H29N5O. The number of aliphatic hydroxyl groups is 1. The smallest absolute Gasteiger partial charge is 0.134 e. The van der Waals surface area contributed by atoms with Gasteiger partial charge in [-0.05, 0) is 51.1 Å². The molecule has 0 radical (unpaired) electrons. The number of hydrogen-bond acceptors (Lipinski definition) is 6. The first-order valence-electron chi connectivity index (χ1n) is 9.13. The Hall–Kier alpha value is -2.18. The van der Waals surface area contributed by atoms with E-state index in [0.717, 1.165) is 49.8 Å². The van der Waals surface area contributed by atoms with Gasteiger partial charge in [-0.2, -0.15) is 0 Å². The Morgan fingerprint density at radius 2 is 2.00 bits per heavy atom. The zero-order chi connectivity index (χ0) is 18.7. The summed E-state index contributed by atoms with van der Waals surface area (Å²) in [5, 5.41) is 13.6. The maximum atomic E-state index is 10.2. The zero-order valence-electron chi connectivity index (χ0n) is 16.2. The van der Waals surface area contributed by atoms with Gasteiger partial charge in [0.2, 0.25) is 0 Å². The number of hydrogen-bond donors (Lipinski definition) is 2. The van der Waals surface area contributed by atoms with E-state index in [1.54, 1.807) is 6.33 Å². The lowest BCUT2D eigenvalue weighted by molar-refractivity contribution is 0.0785. The molecule has 6 heteroatoms. The molecule has 0 atom stereocenters. The topological polar surface area (TPSA) is 64.5 Å². The van der Waals surface area contributed by atoms with Gasteiger partial charge in [-0.3, -0.25) is 0 Å². The summed E-state index contributed by atoms with van der Waals surface area (Å²) in [5.41, 5.74) is 2.79. The third kappa shape index (κ3) is 4.51. The van der Waals surface area contributed by atoms with E-state index in [0.29, 0.717) is 0 Å². The Labute approximate surface area is 155 Å². The quantitative estimate of drug-likeness (QED) is 0.829. The van der Waals surface area contributed by atoms with E-state index in [2.05, 4.69) is 51.3 Å². The Bertz CT molecular complexity index is 754. The maximum Gasteiger partial charge on any atom is 0.134 e. The van der Waals surface area contributed by atoms with Crippen molar-refractivity contribution < 1.29 is 5.11 Å². The van der Waals surface area contributed by atoms with Crippen molar-refractivity contribution in [2.45, 2.75) is 32.4 Å². The van der Waals surface area contributed by atoms with Gasteiger partial charge in [0.05, 0.1) is 5.60 Å². The van der Waals surface area contributed by atoms with Crippen LogP contribution in [-0.2, 0) is 18.6 Å². The number of benzene rings is 1. The van der Waals surface area contributed by atoms with Gasteiger partial charge >= 0.3 is 0 Å². The fraction of sp³-hybridized carbons (Fsp3) is 0.500. The molecule has 2 heterocycles. The third-order valence-electron chi connectivity index (χ3n) is 4.77. The summed E-state index contributed by atoms with van der Waals surface area (Å²) >= 11 is 0. The first kappa shape index (κ1) is 18.6. The van der Waals surface area contributed by atoms with Crippen LogP contribution >= 0.6 is 0 Å². The summed E-state index contributed by atoms with van der Waals surface area (Å²) in [6.07, 6.45) is 2.58. The summed E-state index contributed by atoms with van der Waals surface area (Å²) in [6.45, 7) is 7.21. The lowest BCUT2D eigenvalue weighted by Crippen LogP contribution is -2.31. The predicted molar refractivity (Wildman–Crippen MR) is 106 cm³/mol. The molecule has 0 saturated heterocycles. The normalized spacial score (nSPS) is 14.5. The van der Waals surface area contributed by atoms with Gasteiger partial charge in [0.1, 0.15) is 18.0 Å². The molecule has 1 aromatic carbocycles. The van der Waals surface area contributed by atoms with E-state index in [-0.39, 0.29) is 0 Å². The van der Waals surface area contributed by atoms with Crippen LogP contribution in [0.4, 0.5) is 11.6 Å². The SMILES string of the molecule is CN(C)CCNc1cc(N2CCc3cc(C(C)(C)O)ccc3C2)ncn1.